The molecule has 0 atom stereocenters. The molecule has 0 radical (unpaired) electrons. The predicted molar refractivity (Wildman–Crippen MR) is 14.8 cm³/mol. The van der Waals surface area contributed by atoms with Crippen LogP contribution in [0.2, 0.25) is 0 Å². The zero-order chi connectivity index (χ0) is 0. The molecule has 0 bridgehead atoms. The molecule has 0 amide bonds. The first-order valence-electron chi connectivity index (χ1n) is 0. The van der Waals surface area contributed by atoms with E-state index in [-0.39, 0.29) is 59.0 Å². The van der Waals surface area contributed by atoms with Gasteiger partial charge in [-0.05, 0) is 0 Å². The van der Waals surface area contributed by atoms with Gasteiger partial charge in [-0.1, -0.05) is 0 Å². The predicted octanol–water partition coefficient (Wildman–Crippen LogP) is -5.01. The third-order valence-corrected chi connectivity index (χ3v) is 0. The van der Waals surface area contributed by atoms with Crippen LogP contribution in [0.15, 0.2) is 0 Å². The minimum absolute atomic E-state index is 0. The van der Waals surface area contributed by atoms with E-state index in [1.54, 1.807) is 0 Å². The van der Waals surface area contributed by atoms with Crippen LogP contribution in [0, 0.1) is 7.43 Å². The van der Waals surface area contributed by atoms with Gasteiger partial charge in [0.2, 0.25) is 0 Å². The molecule has 3 heteroatoms. The van der Waals surface area contributed by atoms with E-state index in [2.05, 4.69) is 0 Å². The Labute approximate surface area is 59.0 Å². The number of rotatable bonds is 0. The standard InChI is InChI=1S/CH3.ClH.2Li.H/h1H3;1H;;;/q-1;;2*+1;-1. The van der Waals surface area contributed by atoms with Gasteiger partial charge in [0.1, 0.15) is 0 Å². The first kappa shape index (κ1) is 50.0. The van der Waals surface area contributed by atoms with Crippen LogP contribution in [0.1, 0.15) is 1.43 Å². The van der Waals surface area contributed by atoms with Gasteiger partial charge in [0, 0.05) is 0 Å². The Morgan fingerprint density at radius 1 is 1.00 bits per heavy atom. The summed E-state index contributed by atoms with van der Waals surface area (Å²) in [5, 5.41) is 0. The van der Waals surface area contributed by atoms with Gasteiger partial charge in [-0.25, -0.2) is 0 Å². The van der Waals surface area contributed by atoms with Crippen LogP contribution >= 0.6 is 12.4 Å². The average Bonchev–Trinajstić information content (AvgIpc) is 0. The van der Waals surface area contributed by atoms with E-state index in [4.69, 9.17) is 0 Å². The molecule has 0 aliphatic rings. The molecule has 0 spiro atoms. The van der Waals surface area contributed by atoms with E-state index >= 15 is 0 Å². The molecule has 0 aromatic rings. The molecule has 0 aromatic carbocycles. The van der Waals surface area contributed by atoms with Gasteiger partial charge in [-0.3, -0.25) is 0 Å². The Morgan fingerprint density at radius 2 is 1.00 bits per heavy atom. The van der Waals surface area contributed by atoms with Crippen molar-refractivity contribution < 1.29 is 39.1 Å². The fraction of sp³-hybridized carbons (Fsp3) is 0. The smallest absolute Gasteiger partial charge is 1.00 e. The van der Waals surface area contributed by atoms with Crippen LogP contribution < -0.4 is 37.7 Å². The zero-order valence-electron chi connectivity index (χ0n) is 4.41. The second kappa shape index (κ2) is 24.7. The summed E-state index contributed by atoms with van der Waals surface area (Å²) in [6.07, 6.45) is 0. The molecule has 0 N–H and O–H groups in total. The SMILES string of the molecule is Cl.[CH3-].[H-].[Li+].[Li+]. The molecule has 18 valence electrons. The summed E-state index contributed by atoms with van der Waals surface area (Å²) in [6, 6.07) is 0. The van der Waals surface area contributed by atoms with Crippen molar-refractivity contribution in [2.75, 3.05) is 0 Å². The van der Waals surface area contributed by atoms with E-state index in [0.717, 1.165) is 0 Å². The minimum Gasteiger partial charge on any atom is -1.00 e. The maximum atomic E-state index is 0. The van der Waals surface area contributed by atoms with Gasteiger partial charge in [-0.15, -0.1) is 12.4 Å². The summed E-state index contributed by atoms with van der Waals surface area (Å²) in [6.45, 7) is 0. The monoisotopic (exact) mass is 66.0 g/mol. The third-order valence-electron chi connectivity index (χ3n) is 0. The van der Waals surface area contributed by atoms with Crippen molar-refractivity contribution in [2.24, 2.45) is 0 Å². The van der Waals surface area contributed by atoms with Gasteiger partial charge >= 0.3 is 37.7 Å². The van der Waals surface area contributed by atoms with Crippen molar-refractivity contribution in [3.05, 3.63) is 7.43 Å². The largest absolute Gasteiger partial charge is 1.00 e. The molecule has 0 fully saturated rings. The van der Waals surface area contributed by atoms with Gasteiger partial charge in [0.25, 0.3) is 0 Å². The van der Waals surface area contributed by atoms with Crippen LogP contribution in [-0.4, -0.2) is 0 Å². The van der Waals surface area contributed by atoms with Gasteiger partial charge in [0.05, 0.1) is 0 Å². The number of hydrogen-bond donors (Lipinski definition) is 0. The maximum Gasteiger partial charge on any atom is 1.00 e. The Kier molecular flexibility index (Phi) is 309. The molecular formula is CH5ClLi2. The first-order valence-corrected chi connectivity index (χ1v) is 0. The molecular weight excluding hydrogens is 61.3 g/mol. The summed E-state index contributed by atoms with van der Waals surface area (Å²) in [4.78, 5) is 0. The van der Waals surface area contributed by atoms with Crippen molar-refractivity contribution >= 4 is 12.4 Å². The molecule has 0 unspecified atom stereocenters. The summed E-state index contributed by atoms with van der Waals surface area (Å²) in [5.74, 6) is 0. The number of halogens is 1. The normalized spacial score (nSPS) is 0. The maximum absolute atomic E-state index is 0. The van der Waals surface area contributed by atoms with E-state index in [1.807, 2.05) is 0 Å². The van der Waals surface area contributed by atoms with E-state index in [1.165, 1.54) is 0 Å². The first-order chi connectivity index (χ1) is 0. The Bertz CT molecular complexity index is 9.61. The zero-order valence-corrected chi connectivity index (χ0v) is 4.22. The summed E-state index contributed by atoms with van der Waals surface area (Å²) in [5.41, 5.74) is 0. The van der Waals surface area contributed by atoms with E-state index in [0.29, 0.717) is 0 Å². The Balaban J connectivity index is 0. The van der Waals surface area contributed by atoms with Crippen molar-refractivity contribution in [1.29, 1.82) is 0 Å². The van der Waals surface area contributed by atoms with Crippen LogP contribution in [0.25, 0.3) is 0 Å². The molecule has 0 rings (SSSR count). The topological polar surface area (TPSA) is 0 Å². The van der Waals surface area contributed by atoms with Gasteiger partial charge < -0.3 is 8.85 Å². The number of hydrogen-bond acceptors (Lipinski definition) is 0. The minimum atomic E-state index is 0. The molecule has 0 aliphatic carbocycles. The summed E-state index contributed by atoms with van der Waals surface area (Å²) >= 11 is 0. The van der Waals surface area contributed by atoms with Crippen molar-refractivity contribution in [1.82, 2.24) is 0 Å². The molecule has 0 saturated heterocycles. The van der Waals surface area contributed by atoms with Crippen LogP contribution in [-0.2, 0) is 0 Å². The quantitative estimate of drug-likeness (QED) is 0.196. The Morgan fingerprint density at radius 3 is 1.00 bits per heavy atom. The van der Waals surface area contributed by atoms with E-state index < -0.39 is 0 Å². The summed E-state index contributed by atoms with van der Waals surface area (Å²) < 4.78 is 0. The average molecular weight is 66.4 g/mol. The summed E-state index contributed by atoms with van der Waals surface area (Å²) in [7, 11) is 0. The fourth-order valence-corrected chi connectivity index (χ4v) is 0. The van der Waals surface area contributed by atoms with Crippen LogP contribution in [0.3, 0.4) is 0 Å². The van der Waals surface area contributed by atoms with Crippen molar-refractivity contribution in [2.45, 2.75) is 0 Å². The molecule has 0 heterocycles. The van der Waals surface area contributed by atoms with Crippen molar-refractivity contribution in [3.8, 4) is 0 Å². The van der Waals surface area contributed by atoms with Crippen molar-refractivity contribution in [3.63, 3.8) is 0 Å². The van der Waals surface area contributed by atoms with Gasteiger partial charge in [0.15, 0.2) is 0 Å². The molecule has 0 nitrogen and oxygen atoms in total. The second-order valence-electron chi connectivity index (χ2n) is 0. The van der Waals surface area contributed by atoms with E-state index in [9.17, 15) is 0 Å². The van der Waals surface area contributed by atoms with Gasteiger partial charge in [-0.2, -0.15) is 0 Å². The molecule has 4 heavy (non-hydrogen) atoms. The third kappa shape index (κ3) is 9.76. The second-order valence-corrected chi connectivity index (χ2v) is 0. The Hall–Kier alpha value is 1.48. The molecule has 0 saturated carbocycles. The molecule has 0 aliphatic heterocycles. The van der Waals surface area contributed by atoms with Crippen LogP contribution in [0.5, 0.6) is 0 Å². The molecule has 0 aromatic heterocycles. The fourth-order valence-electron chi connectivity index (χ4n) is 0. The van der Waals surface area contributed by atoms with Crippen LogP contribution in [0.4, 0.5) is 0 Å².